The highest BCUT2D eigenvalue weighted by Gasteiger charge is 2.40. The summed E-state index contributed by atoms with van der Waals surface area (Å²) in [6, 6.07) is 26.9. The standard InChI is InChI=1S/C26H26N2O2/c1-18-10-8-9-15-21(18)25-23(27-25)17-24(29)22(16-19-11-4-2-5-12-19)28-26(30)20-13-6-3-7-14-20/h2-15,22-23,25,27H,16-17H2,1H3,(H,28,30). The molecule has 3 aromatic rings. The van der Waals surface area contributed by atoms with E-state index in [9.17, 15) is 9.59 Å². The number of aryl methyl sites for hydroxylation is 1. The highest BCUT2D eigenvalue weighted by Crippen LogP contribution is 2.34. The van der Waals surface area contributed by atoms with Gasteiger partial charge in [0.15, 0.2) is 5.78 Å². The molecule has 4 nitrogen and oxygen atoms in total. The number of ketones is 1. The molecule has 3 aromatic carbocycles. The van der Waals surface area contributed by atoms with Gasteiger partial charge in [-0.05, 0) is 42.2 Å². The smallest absolute Gasteiger partial charge is 0.251 e. The summed E-state index contributed by atoms with van der Waals surface area (Å²) < 4.78 is 0. The van der Waals surface area contributed by atoms with E-state index in [0.717, 1.165) is 5.56 Å². The molecule has 4 rings (SSSR count). The van der Waals surface area contributed by atoms with Gasteiger partial charge in [-0.3, -0.25) is 9.59 Å². The van der Waals surface area contributed by atoms with Gasteiger partial charge in [-0.1, -0.05) is 72.8 Å². The molecule has 3 unspecified atom stereocenters. The molecule has 152 valence electrons. The number of carbonyl (C=O) groups excluding carboxylic acids is 2. The lowest BCUT2D eigenvalue weighted by Gasteiger charge is -2.18. The molecular weight excluding hydrogens is 372 g/mol. The predicted octanol–water partition coefficient (Wildman–Crippen LogP) is 4.01. The molecule has 1 heterocycles. The van der Waals surface area contributed by atoms with Crippen LogP contribution in [0.3, 0.4) is 0 Å². The third kappa shape index (κ3) is 4.84. The Balaban J connectivity index is 1.45. The Bertz CT molecular complexity index is 1020. The molecule has 2 N–H and O–H groups in total. The van der Waals surface area contributed by atoms with Gasteiger partial charge in [-0.25, -0.2) is 0 Å². The van der Waals surface area contributed by atoms with Crippen molar-refractivity contribution in [1.29, 1.82) is 0 Å². The molecule has 0 saturated carbocycles. The van der Waals surface area contributed by atoms with Gasteiger partial charge < -0.3 is 10.6 Å². The van der Waals surface area contributed by atoms with Gasteiger partial charge in [0.25, 0.3) is 5.91 Å². The fraction of sp³-hybridized carbons (Fsp3) is 0.231. The third-order valence-corrected chi connectivity index (χ3v) is 5.64. The van der Waals surface area contributed by atoms with Crippen molar-refractivity contribution in [1.82, 2.24) is 10.6 Å². The maximum atomic E-state index is 13.2. The number of benzene rings is 3. The molecule has 1 aliphatic heterocycles. The van der Waals surface area contributed by atoms with Gasteiger partial charge in [0.05, 0.1) is 6.04 Å². The van der Waals surface area contributed by atoms with E-state index in [1.54, 1.807) is 12.1 Å². The van der Waals surface area contributed by atoms with Gasteiger partial charge in [0.1, 0.15) is 0 Å². The average Bonchev–Trinajstić information content (AvgIpc) is 3.53. The van der Waals surface area contributed by atoms with Crippen molar-refractivity contribution in [2.75, 3.05) is 0 Å². The molecule has 1 fully saturated rings. The minimum Gasteiger partial charge on any atom is -0.342 e. The summed E-state index contributed by atoms with van der Waals surface area (Å²) in [5, 5.41) is 6.39. The lowest BCUT2D eigenvalue weighted by Crippen LogP contribution is -2.43. The molecule has 1 amide bonds. The van der Waals surface area contributed by atoms with Crippen molar-refractivity contribution >= 4 is 11.7 Å². The minimum absolute atomic E-state index is 0.0525. The second-order valence-corrected chi connectivity index (χ2v) is 7.86. The number of hydrogen-bond donors (Lipinski definition) is 2. The van der Waals surface area contributed by atoms with Crippen molar-refractivity contribution in [3.8, 4) is 0 Å². The van der Waals surface area contributed by atoms with Crippen LogP contribution in [0.4, 0.5) is 0 Å². The van der Waals surface area contributed by atoms with Crippen LogP contribution in [0.15, 0.2) is 84.9 Å². The largest absolute Gasteiger partial charge is 0.342 e. The monoisotopic (exact) mass is 398 g/mol. The van der Waals surface area contributed by atoms with Crippen LogP contribution in [-0.2, 0) is 11.2 Å². The Morgan fingerprint density at radius 3 is 2.23 bits per heavy atom. The highest BCUT2D eigenvalue weighted by atomic mass is 16.2. The summed E-state index contributed by atoms with van der Waals surface area (Å²) in [6.45, 7) is 2.09. The molecule has 0 radical (unpaired) electrons. The second-order valence-electron chi connectivity index (χ2n) is 7.86. The topological polar surface area (TPSA) is 68.1 Å². The van der Waals surface area contributed by atoms with Crippen molar-refractivity contribution < 1.29 is 9.59 Å². The van der Waals surface area contributed by atoms with Gasteiger partial charge >= 0.3 is 0 Å². The van der Waals surface area contributed by atoms with E-state index in [1.807, 2.05) is 60.7 Å². The number of amides is 1. The number of rotatable bonds is 8. The summed E-state index contributed by atoms with van der Waals surface area (Å²) in [7, 11) is 0. The maximum absolute atomic E-state index is 13.2. The van der Waals surface area contributed by atoms with E-state index in [1.165, 1.54) is 11.1 Å². The molecule has 30 heavy (non-hydrogen) atoms. The van der Waals surface area contributed by atoms with Crippen molar-refractivity contribution in [2.45, 2.75) is 37.9 Å². The zero-order valence-electron chi connectivity index (χ0n) is 17.0. The van der Waals surface area contributed by atoms with E-state index in [4.69, 9.17) is 0 Å². The number of nitrogens with one attached hydrogen (secondary N) is 2. The van der Waals surface area contributed by atoms with Gasteiger partial charge in [-0.15, -0.1) is 0 Å². The summed E-state index contributed by atoms with van der Waals surface area (Å²) >= 11 is 0. The van der Waals surface area contributed by atoms with Crippen molar-refractivity contribution in [3.05, 3.63) is 107 Å². The Hall–Kier alpha value is -3.24. The Morgan fingerprint density at radius 2 is 1.53 bits per heavy atom. The molecular formula is C26H26N2O2. The molecule has 0 aliphatic carbocycles. The van der Waals surface area contributed by atoms with E-state index in [-0.39, 0.29) is 23.8 Å². The number of carbonyl (C=O) groups is 2. The van der Waals surface area contributed by atoms with Crippen LogP contribution in [0.2, 0.25) is 0 Å². The Morgan fingerprint density at radius 1 is 0.900 bits per heavy atom. The number of hydrogen-bond acceptors (Lipinski definition) is 3. The molecule has 1 aliphatic rings. The van der Waals surface area contributed by atoms with Gasteiger partial charge in [0.2, 0.25) is 0 Å². The average molecular weight is 399 g/mol. The van der Waals surface area contributed by atoms with E-state index in [0.29, 0.717) is 18.4 Å². The van der Waals surface area contributed by atoms with E-state index >= 15 is 0 Å². The fourth-order valence-electron chi connectivity index (χ4n) is 3.88. The van der Waals surface area contributed by atoms with Crippen LogP contribution in [0, 0.1) is 6.92 Å². The quantitative estimate of drug-likeness (QED) is 0.564. The molecule has 1 saturated heterocycles. The third-order valence-electron chi connectivity index (χ3n) is 5.64. The fourth-order valence-corrected chi connectivity index (χ4v) is 3.88. The molecule has 0 aromatic heterocycles. The first kappa shape index (κ1) is 20.0. The second kappa shape index (κ2) is 9.06. The summed E-state index contributed by atoms with van der Waals surface area (Å²) in [6.07, 6.45) is 0.881. The van der Waals surface area contributed by atoms with Gasteiger partial charge in [-0.2, -0.15) is 0 Å². The first-order valence-corrected chi connectivity index (χ1v) is 10.4. The predicted molar refractivity (Wildman–Crippen MR) is 118 cm³/mol. The van der Waals surface area contributed by atoms with Crippen LogP contribution < -0.4 is 10.6 Å². The zero-order valence-corrected chi connectivity index (χ0v) is 17.0. The van der Waals surface area contributed by atoms with Crippen molar-refractivity contribution in [3.63, 3.8) is 0 Å². The summed E-state index contributed by atoms with van der Waals surface area (Å²) in [4.78, 5) is 25.9. The SMILES string of the molecule is Cc1ccccc1C1NC1CC(=O)C(Cc1ccccc1)NC(=O)c1ccccc1. The van der Waals surface area contributed by atoms with Crippen LogP contribution >= 0.6 is 0 Å². The lowest BCUT2D eigenvalue weighted by molar-refractivity contribution is -0.120. The Kier molecular flexibility index (Phi) is 6.05. The molecule has 0 bridgehead atoms. The summed E-state index contributed by atoms with van der Waals surface area (Å²) in [5.74, 6) is -0.166. The Labute approximate surface area is 177 Å². The van der Waals surface area contributed by atoms with Crippen LogP contribution in [-0.4, -0.2) is 23.8 Å². The van der Waals surface area contributed by atoms with Crippen molar-refractivity contribution in [2.24, 2.45) is 0 Å². The maximum Gasteiger partial charge on any atom is 0.251 e. The number of Topliss-reactive ketones (excluding diaryl/α,β-unsaturated/α-hetero) is 1. The first-order valence-electron chi connectivity index (χ1n) is 10.4. The van der Waals surface area contributed by atoms with Crippen LogP contribution in [0.5, 0.6) is 0 Å². The molecule has 3 atom stereocenters. The molecule has 0 spiro atoms. The van der Waals surface area contributed by atoms with E-state index < -0.39 is 6.04 Å². The van der Waals surface area contributed by atoms with Crippen LogP contribution in [0.1, 0.15) is 39.5 Å². The van der Waals surface area contributed by atoms with E-state index in [2.05, 4.69) is 29.7 Å². The summed E-state index contributed by atoms with van der Waals surface area (Å²) in [5.41, 5.74) is 4.06. The normalized spacial score (nSPS) is 18.4. The van der Waals surface area contributed by atoms with Gasteiger partial charge in [0, 0.05) is 24.1 Å². The lowest BCUT2D eigenvalue weighted by atomic mass is 9.96. The highest BCUT2D eigenvalue weighted by molar-refractivity contribution is 5.98. The zero-order chi connectivity index (χ0) is 20.9. The molecule has 4 heteroatoms. The minimum atomic E-state index is -0.556. The van der Waals surface area contributed by atoms with Crippen LogP contribution in [0.25, 0.3) is 0 Å². The first-order chi connectivity index (χ1) is 14.6.